The maximum absolute atomic E-state index is 5.52. The van der Waals surface area contributed by atoms with Crippen LogP contribution in [0, 0.1) is 0 Å². The third-order valence-corrected chi connectivity index (χ3v) is 4.06. The fourth-order valence-corrected chi connectivity index (χ4v) is 2.90. The Morgan fingerprint density at radius 3 is 2.81 bits per heavy atom. The molecule has 4 N–H and O–H groups in total. The Kier molecular flexibility index (Phi) is 4.11. The van der Waals surface area contributed by atoms with E-state index >= 15 is 0 Å². The number of hydrogen-bond acceptors (Lipinski definition) is 2. The number of para-hydroxylation sites is 1. The van der Waals surface area contributed by atoms with Crippen molar-refractivity contribution < 1.29 is 0 Å². The van der Waals surface area contributed by atoms with Crippen molar-refractivity contribution in [3.63, 3.8) is 0 Å². The number of aromatic amines is 1. The van der Waals surface area contributed by atoms with Crippen LogP contribution in [0.4, 0.5) is 5.69 Å². The number of nitrogens with one attached hydrogen (secondary N) is 2. The molecule has 0 amide bonds. The van der Waals surface area contributed by atoms with Crippen LogP contribution in [0.5, 0.6) is 0 Å². The quantitative estimate of drug-likeness (QED) is 0.597. The minimum Gasteiger partial charge on any atom is -0.385 e. The Labute approximate surface area is 125 Å². The number of aromatic nitrogens is 1. The van der Waals surface area contributed by atoms with Crippen molar-refractivity contribution in [3.05, 3.63) is 42.0 Å². The molecule has 0 spiro atoms. The summed E-state index contributed by atoms with van der Waals surface area (Å²) in [6.07, 6.45) is 3.23. The van der Waals surface area contributed by atoms with E-state index in [9.17, 15) is 0 Å². The van der Waals surface area contributed by atoms with Crippen molar-refractivity contribution >= 4 is 27.5 Å². The first-order valence-electron chi connectivity index (χ1n) is 7.80. The molecule has 0 unspecified atom stereocenters. The first-order chi connectivity index (χ1) is 10.3. The van der Waals surface area contributed by atoms with Crippen LogP contribution in [-0.2, 0) is 6.42 Å². The van der Waals surface area contributed by atoms with Crippen LogP contribution < -0.4 is 11.1 Å². The van der Waals surface area contributed by atoms with Gasteiger partial charge in [0.15, 0.2) is 0 Å². The lowest BCUT2D eigenvalue weighted by Gasteiger charge is -2.05. The highest BCUT2D eigenvalue weighted by Crippen LogP contribution is 2.29. The molecule has 0 aliphatic carbocycles. The van der Waals surface area contributed by atoms with Crippen LogP contribution in [0.25, 0.3) is 21.8 Å². The van der Waals surface area contributed by atoms with Crippen molar-refractivity contribution in [3.8, 4) is 0 Å². The van der Waals surface area contributed by atoms with Gasteiger partial charge in [-0.2, -0.15) is 0 Å². The number of benzene rings is 2. The number of H-pyrrole nitrogens is 1. The molecule has 21 heavy (non-hydrogen) atoms. The average molecular weight is 281 g/mol. The molecule has 0 aliphatic rings. The van der Waals surface area contributed by atoms with Gasteiger partial charge in [-0.05, 0) is 43.5 Å². The van der Waals surface area contributed by atoms with Gasteiger partial charge in [0.25, 0.3) is 0 Å². The minimum atomic E-state index is 0.766. The highest BCUT2D eigenvalue weighted by molar-refractivity contribution is 6.08. The summed E-state index contributed by atoms with van der Waals surface area (Å²) in [6.45, 7) is 3.94. The fraction of sp³-hybridized carbons (Fsp3) is 0.333. The normalized spacial score (nSPS) is 11.3. The molecule has 1 heterocycles. The first-order valence-corrected chi connectivity index (χ1v) is 7.80. The number of hydrogen-bond donors (Lipinski definition) is 3. The number of anilines is 1. The molecular weight excluding hydrogens is 258 g/mol. The SMILES string of the molecule is CCc1cccc2c1[nH]c1cc(NCCCCN)ccc12. The predicted octanol–water partition coefficient (Wildman–Crippen LogP) is 4.03. The molecule has 0 atom stereocenters. The van der Waals surface area contributed by atoms with Gasteiger partial charge in [-0.3, -0.25) is 0 Å². The van der Waals surface area contributed by atoms with Crippen LogP contribution in [0.2, 0.25) is 0 Å². The van der Waals surface area contributed by atoms with Gasteiger partial charge in [-0.15, -0.1) is 0 Å². The summed E-state index contributed by atoms with van der Waals surface area (Å²) < 4.78 is 0. The Morgan fingerprint density at radius 1 is 1.10 bits per heavy atom. The van der Waals surface area contributed by atoms with Gasteiger partial charge in [0, 0.05) is 34.0 Å². The van der Waals surface area contributed by atoms with Crippen molar-refractivity contribution in [2.75, 3.05) is 18.4 Å². The third kappa shape index (κ3) is 2.74. The smallest absolute Gasteiger partial charge is 0.0497 e. The van der Waals surface area contributed by atoms with Crippen molar-refractivity contribution in [1.82, 2.24) is 4.98 Å². The predicted molar refractivity (Wildman–Crippen MR) is 92.0 cm³/mol. The number of rotatable bonds is 6. The summed E-state index contributed by atoms with van der Waals surface area (Å²) in [5.41, 5.74) is 10.5. The Morgan fingerprint density at radius 2 is 2.00 bits per heavy atom. The average Bonchev–Trinajstić information content (AvgIpc) is 2.89. The summed E-state index contributed by atoms with van der Waals surface area (Å²) in [5, 5.41) is 6.09. The van der Waals surface area contributed by atoms with Crippen LogP contribution in [0.3, 0.4) is 0 Å². The lowest BCUT2D eigenvalue weighted by atomic mass is 10.1. The Bertz CT molecular complexity index is 743. The Hall–Kier alpha value is -2.00. The van der Waals surface area contributed by atoms with Gasteiger partial charge >= 0.3 is 0 Å². The fourth-order valence-electron chi connectivity index (χ4n) is 2.90. The molecule has 0 saturated carbocycles. The molecule has 0 radical (unpaired) electrons. The second kappa shape index (κ2) is 6.19. The van der Waals surface area contributed by atoms with Crippen molar-refractivity contribution in [2.24, 2.45) is 5.73 Å². The van der Waals surface area contributed by atoms with Crippen LogP contribution in [0.15, 0.2) is 36.4 Å². The van der Waals surface area contributed by atoms with Gasteiger partial charge in [-0.1, -0.05) is 31.2 Å². The highest BCUT2D eigenvalue weighted by atomic mass is 14.9. The number of nitrogens with two attached hydrogens (primary N) is 1. The van der Waals surface area contributed by atoms with Gasteiger partial charge in [0.1, 0.15) is 0 Å². The first kappa shape index (κ1) is 14.0. The lowest BCUT2D eigenvalue weighted by Crippen LogP contribution is -2.05. The van der Waals surface area contributed by atoms with E-state index < -0.39 is 0 Å². The monoisotopic (exact) mass is 281 g/mol. The Balaban J connectivity index is 1.93. The molecule has 3 rings (SSSR count). The molecule has 0 aliphatic heterocycles. The lowest BCUT2D eigenvalue weighted by molar-refractivity contribution is 0.774. The van der Waals surface area contributed by atoms with E-state index in [1.165, 1.54) is 33.1 Å². The minimum absolute atomic E-state index is 0.766. The molecule has 0 fully saturated rings. The van der Waals surface area contributed by atoms with E-state index in [4.69, 9.17) is 5.73 Å². The van der Waals surface area contributed by atoms with E-state index in [1.807, 2.05) is 0 Å². The summed E-state index contributed by atoms with van der Waals surface area (Å²) in [6, 6.07) is 13.1. The molecule has 0 bridgehead atoms. The maximum atomic E-state index is 5.52. The van der Waals surface area contributed by atoms with Gasteiger partial charge in [-0.25, -0.2) is 0 Å². The topological polar surface area (TPSA) is 53.8 Å². The third-order valence-electron chi connectivity index (χ3n) is 4.06. The van der Waals surface area contributed by atoms with Gasteiger partial charge < -0.3 is 16.0 Å². The number of aryl methyl sites for hydroxylation is 1. The van der Waals surface area contributed by atoms with E-state index in [0.29, 0.717) is 0 Å². The van der Waals surface area contributed by atoms with E-state index in [1.54, 1.807) is 0 Å². The maximum Gasteiger partial charge on any atom is 0.0497 e. The molecule has 1 aromatic heterocycles. The molecule has 2 aromatic carbocycles. The summed E-state index contributed by atoms with van der Waals surface area (Å²) in [5.74, 6) is 0. The van der Waals surface area contributed by atoms with Gasteiger partial charge in [0.2, 0.25) is 0 Å². The molecule has 0 saturated heterocycles. The van der Waals surface area contributed by atoms with Crippen LogP contribution >= 0.6 is 0 Å². The molecule has 110 valence electrons. The van der Waals surface area contributed by atoms with E-state index in [0.717, 1.165) is 32.4 Å². The van der Waals surface area contributed by atoms with E-state index in [2.05, 4.69) is 53.6 Å². The molecule has 3 aromatic rings. The molecule has 3 nitrogen and oxygen atoms in total. The van der Waals surface area contributed by atoms with E-state index in [-0.39, 0.29) is 0 Å². The zero-order valence-corrected chi connectivity index (χ0v) is 12.6. The zero-order chi connectivity index (χ0) is 14.7. The molecular formula is C18H23N3. The summed E-state index contributed by atoms with van der Waals surface area (Å²) in [7, 11) is 0. The zero-order valence-electron chi connectivity index (χ0n) is 12.6. The highest BCUT2D eigenvalue weighted by Gasteiger charge is 2.07. The van der Waals surface area contributed by atoms with Crippen molar-refractivity contribution in [2.45, 2.75) is 26.2 Å². The number of unbranched alkanes of at least 4 members (excludes halogenated alkanes) is 1. The summed E-state index contributed by atoms with van der Waals surface area (Å²) in [4.78, 5) is 3.58. The van der Waals surface area contributed by atoms with Crippen LogP contribution in [0.1, 0.15) is 25.3 Å². The molecule has 3 heteroatoms. The second-order valence-corrected chi connectivity index (χ2v) is 5.50. The van der Waals surface area contributed by atoms with Gasteiger partial charge in [0.05, 0.1) is 0 Å². The largest absolute Gasteiger partial charge is 0.385 e. The van der Waals surface area contributed by atoms with Crippen molar-refractivity contribution in [1.29, 1.82) is 0 Å². The number of fused-ring (bicyclic) bond motifs is 3. The van der Waals surface area contributed by atoms with Crippen LogP contribution in [-0.4, -0.2) is 18.1 Å². The second-order valence-electron chi connectivity index (χ2n) is 5.50. The standard InChI is InChI=1S/C18H23N3/c1-2-13-6-5-7-16-15-9-8-14(20-11-4-3-10-19)12-17(15)21-18(13)16/h5-9,12,20-21H,2-4,10-11,19H2,1H3. The summed E-state index contributed by atoms with van der Waals surface area (Å²) >= 11 is 0.